The van der Waals surface area contributed by atoms with Gasteiger partial charge in [-0.15, -0.1) is 0 Å². The smallest absolute Gasteiger partial charge is 0.362 e. The molecule has 0 bridgehead atoms. The molecule has 0 spiro atoms. The Bertz CT molecular complexity index is 653. The zero-order valence-corrected chi connectivity index (χ0v) is 9.09. The van der Waals surface area contributed by atoms with Gasteiger partial charge in [-0.05, 0) is 25.0 Å². The van der Waals surface area contributed by atoms with Gasteiger partial charge in [-0.3, -0.25) is 0 Å². The standard InChI is InChI=1S/C13H11NO3/c15-11(8-5-6-8)7-10-13(16)17-12-4-2-1-3-9(12)14-10/h1-4,7-8,15H,5-6H2/b11-7-. The maximum atomic E-state index is 11.6. The molecule has 1 saturated carbocycles. The zero-order chi connectivity index (χ0) is 11.8. The molecule has 1 fully saturated rings. The van der Waals surface area contributed by atoms with Crippen LogP contribution in [0.25, 0.3) is 17.2 Å². The van der Waals surface area contributed by atoms with Crippen LogP contribution in [-0.4, -0.2) is 10.1 Å². The minimum Gasteiger partial charge on any atom is -0.512 e. The lowest BCUT2D eigenvalue weighted by molar-refractivity contribution is 0.384. The van der Waals surface area contributed by atoms with E-state index in [0.717, 1.165) is 12.8 Å². The van der Waals surface area contributed by atoms with E-state index in [2.05, 4.69) is 4.98 Å². The number of hydrogen-bond donors (Lipinski definition) is 1. The van der Waals surface area contributed by atoms with Crippen molar-refractivity contribution in [3.63, 3.8) is 0 Å². The van der Waals surface area contributed by atoms with Gasteiger partial charge in [0.15, 0.2) is 11.3 Å². The molecule has 1 N–H and O–H groups in total. The van der Waals surface area contributed by atoms with Crippen molar-refractivity contribution in [1.29, 1.82) is 0 Å². The fourth-order valence-electron chi connectivity index (χ4n) is 1.69. The van der Waals surface area contributed by atoms with Crippen molar-refractivity contribution < 1.29 is 9.52 Å². The highest BCUT2D eigenvalue weighted by molar-refractivity contribution is 5.72. The summed E-state index contributed by atoms with van der Waals surface area (Å²) < 4.78 is 5.12. The second-order valence-electron chi connectivity index (χ2n) is 4.20. The molecule has 1 aliphatic carbocycles. The molecular weight excluding hydrogens is 218 g/mol. The molecule has 0 amide bonds. The normalized spacial score (nSPS) is 16.4. The van der Waals surface area contributed by atoms with E-state index in [1.54, 1.807) is 18.2 Å². The number of allylic oxidation sites excluding steroid dienone is 1. The van der Waals surface area contributed by atoms with E-state index in [4.69, 9.17) is 4.42 Å². The van der Waals surface area contributed by atoms with Crippen LogP contribution < -0.4 is 5.63 Å². The first kappa shape index (κ1) is 10.1. The summed E-state index contributed by atoms with van der Waals surface area (Å²) in [6.07, 6.45) is 3.36. The summed E-state index contributed by atoms with van der Waals surface area (Å²) in [5, 5.41) is 9.68. The maximum absolute atomic E-state index is 11.6. The molecule has 4 heteroatoms. The van der Waals surface area contributed by atoms with Crippen molar-refractivity contribution in [2.45, 2.75) is 12.8 Å². The third-order valence-corrected chi connectivity index (χ3v) is 2.80. The van der Waals surface area contributed by atoms with E-state index in [1.807, 2.05) is 6.07 Å². The van der Waals surface area contributed by atoms with Crippen molar-refractivity contribution in [2.75, 3.05) is 0 Å². The van der Waals surface area contributed by atoms with Crippen LogP contribution in [-0.2, 0) is 0 Å². The highest BCUT2D eigenvalue weighted by Crippen LogP contribution is 2.35. The van der Waals surface area contributed by atoms with Gasteiger partial charge in [-0.2, -0.15) is 0 Å². The van der Waals surface area contributed by atoms with Crippen LogP contribution in [0.5, 0.6) is 0 Å². The summed E-state index contributed by atoms with van der Waals surface area (Å²) in [5.41, 5.74) is 0.714. The Balaban J connectivity index is 2.13. The van der Waals surface area contributed by atoms with Crippen LogP contribution in [0.2, 0.25) is 0 Å². The molecule has 1 aromatic carbocycles. The minimum absolute atomic E-state index is 0.160. The van der Waals surface area contributed by atoms with Gasteiger partial charge in [-0.1, -0.05) is 12.1 Å². The van der Waals surface area contributed by atoms with Gasteiger partial charge in [0.2, 0.25) is 0 Å². The van der Waals surface area contributed by atoms with Crippen LogP contribution in [0.15, 0.2) is 39.2 Å². The Morgan fingerprint density at radius 3 is 2.94 bits per heavy atom. The fourth-order valence-corrected chi connectivity index (χ4v) is 1.69. The van der Waals surface area contributed by atoms with E-state index in [9.17, 15) is 9.90 Å². The van der Waals surface area contributed by atoms with Crippen LogP contribution in [0, 0.1) is 5.92 Å². The number of fused-ring (bicyclic) bond motifs is 1. The van der Waals surface area contributed by atoms with Crippen LogP contribution in [0.3, 0.4) is 0 Å². The van der Waals surface area contributed by atoms with E-state index in [1.165, 1.54) is 6.08 Å². The number of aliphatic hydroxyl groups excluding tert-OH is 1. The number of nitrogens with zero attached hydrogens (tertiary/aromatic N) is 1. The van der Waals surface area contributed by atoms with Crippen LogP contribution in [0.1, 0.15) is 18.5 Å². The molecule has 1 aromatic heterocycles. The molecule has 0 aliphatic heterocycles. The number of aromatic nitrogens is 1. The first-order chi connectivity index (χ1) is 8.24. The molecule has 2 aromatic rings. The third kappa shape index (κ3) is 1.93. The van der Waals surface area contributed by atoms with Crippen molar-refractivity contribution >= 4 is 17.2 Å². The van der Waals surface area contributed by atoms with Gasteiger partial charge >= 0.3 is 5.63 Å². The lowest BCUT2D eigenvalue weighted by Gasteiger charge is -1.98. The maximum Gasteiger partial charge on any atom is 0.362 e. The van der Waals surface area contributed by atoms with E-state index in [0.29, 0.717) is 11.1 Å². The first-order valence-electron chi connectivity index (χ1n) is 5.54. The molecule has 0 radical (unpaired) electrons. The largest absolute Gasteiger partial charge is 0.512 e. The van der Waals surface area contributed by atoms with Gasteiger partial charge in [-0.25, -0.2) is 9.78 Å². The van der Waals surface area contributed by atoms with E-state index in [-0.39, 0.29) is 17.4 Å². The number of benzene rings is 1. The van der Waals surface area contributed by atoms with Crippen molar-refractivity contribution in [2.24, 2.45) is 5.92 Å². The average Bonchev–Trinajstić information content (AvgIpc) is 3.14. The van der Waals surface area contributed by atoms with Gasteiger partial charge in [0.25, 0.3) is 0 Å². The zero-order valence-electron chi connectivity index (χ0n) is 9.09. The molecular formula is C13H11NO3. The van der Waals surface area contributed by atoms with Gasteiger partial charge in [0.05, 0.1) is 5.76 Å². The van der Waals surface area contributed by atoms with Crippen molar-refractivity contribution in [1.82, 2.24) is 4.98 Å². The summed E-state index contributed by atoms with van der Waals surface area (Å²) in [5.74, 6) is 0.419. The summed E-state index contributed by atoms with van der Waals surface area (Å²) in [6.45, 7) is 0. The average molecular weight is 229 g/mol. The molecule has 86 valence electrons. The van der Waals surface area contributed by atoms with Crippen molar-refractivity contribution in [3.05, 3.63) is 46.1 Å². The molecule has 17 heavy (non-hydrogen) atoms. The van der Waals surface area contributed by atoms with Gasteiger partial charge in [0, 0.05) is 12.0 Å². The second-order valence-corrected chi connectivity index (χ2v) is 4.20. The number of para-hydroxylation sites is 2. The topological polar surface area (TPSA) is 63.3 Å². The summed E-state index contributed by atoms with van der Waals surface area (Å²) >= 11 is 0. The summed E-state index contributed by atoms with van der Waals surface area (Å²) in [4.78, 5) is 15.8. The Morgan fingerprint density at radius 2 is 2.18 bits per heavy atom. The third-order valence-electron chi connectivity index (χ3n) is 2.80. The monoisotopic (exact) mass is 229 g/mol. The molecule has 0 atom stereocenters. The van der Waals surface area contributed by atoms with Crippen molar-refractivity contribution in [3.8, 4) is 0 Å². The lowest BCUT2D eigenvalue weighted by atomic mass is 10.2. The molecule has 1 heterocycles. The molecule has 0 unspecified atom stereocenters. The van der Waals surface area contributed by atoms with E-state index >= 15 is 0 Å². The van der Waals surface area contributed by atoms with Crippen LogP contribution >= 0.6 is 0 Å². The Hall–Kier alpha value is -2.10. The van der Waals surface area contributed by atoms with Gasteiger partial charge in [0.1, 0.15) is 5.52 Å². The Kier molecular flexibility index (Phi) is 2.21. The summed E-state index contributed by atoms with van der Waals surface area (Å²) in [6, 6.07) is 7.06. The summed E-state index contributed by atoms with van der Waals surface area (Å²) in [7, 11) is 0. The van der Waals surface area contributed by atoms with E-state index < -0.39 is 5.63 Å². The molecule has 3 rings (SSSR count). The number of hydrogen-bond acceptors (Lipinski definition) is 4. The SMILES string of the molecule is O=c1oc2ccccc2nc1/C=C(\O)C1CC1. The number of rotatable bonds is 2. The molecule has 0 saturated heterocycles. The molecule has 1 aliphatic rings. The van der Waals surface area contributed by atoms with Gasteiger partial charge < -0.3 is 9.52 Å². The lowest BCUT2D eigenvalue weighted by Crippen LogP contribution is -2.06. The first-order valence-corrected chi connectivity index (χ1v) is 5.54. The minimum atomic E-state index is -0.518. The number of aliphatic hydroxyl groups is 1. The predicted octanol–water partition coefficient (Wildman–Crippen LogP) is 2.50. The molecule has 4 nitrogen and oxygen atoms in total. The highest BCUT2D eigenvalue weighted by atomic mass is 16.4. The predicted molar refractivity (Wildman–Crippen MR) is 63.6 cm³/mol. The fraction of sp³-hybridized carbons (Fsp3) is 0.231. The second kappa shape index (κ2) is 3.73. The quantitative estimate of drug-likeness (QED) is 0.803. The Morgan fingerprint density at radius 1 is 1.41 bits per heavy atom. The highest BCUT2D eigenvalue weighted by Gasteiger charge is 2.26. The van der Waals surface area contributed by atoms with Crippen LogP contribution in [0.4, 0.5) is 0 Å². The Labute approximate surface area is 97.2 Å².